The Morgan fingerprint density at radius 3 is 2.58 bits per heavy atom. The molecule has 0 atom stereocenters. The van der Waals surface area contributed by atoms with Gasteiger partial charge in [0.15, 0.2) is 0 Å². The second-order valence-corrected chi connectivity index (χ2v) is 7.51. The van der Waals surface area contributed by atoms with Crippen LogP contribution in [0.4, 0.5) is 5.00 Å². The number of amides is 2. The summed E-state index contributed by atoms with van der Waals surface area (Å²) in [7, 11) is 0. The van der Waals surface area contributed by atoms with E-state index in [0.717, 1.165) is 42.4 Å². The minimum Gasteiger partial charge on any atom is -0.365 e. The molecule has 126 valence electrons. The molecule has 0 spiro atoms. The molecule has 1 aromatic carbocycles. The smallest absolute Gasteiger partial charge is 0.256 e. The third kappa shape index (κ3) is 3.22. The maximum atomic E-state index is 12.6. The van der Waals surface area contributed by atoms with Crippen molar-refractivity contribution in [1.82, 2.24) is 0 Å². The molecule has 24 heavy (non-hydrogen) atoms. The zero-order valence-electron chi connectivity index (χ0n) is 14.1. The Morgan fingerprint density at radius 1 is 1.12 bits per heavy atom. The number of aryl methyl sites for hydroxylation is 3. The van der Waals surface area contributed by atoms with E-state index >= 15 is 0 Å². The number of hydrogen-bond acceptors (Lipinski definition) is 3. The fourth-order valence-corrected chi connectivity index (χ4v) is 4.62. The summed E-state index contributed by atoms with van der Waals surface area (Å²) in [5.41, 5.74) is 9.83. The van der Waals surface area contributed by atoms with E-state index in [2.05, 4.69) is 5.32 Å². The number of benzene rings is 1. The first-order valence-corrected chi connectivity index (χ1v) is 9.12. The van der Waals surface area contributed by atoms with Crippen LogP contribution in [0.5, 0.6) is 0 Å². The zero-order valence-corrected chi connectivity index (χ0v) is 14.9. The van der Waals surface area contributed by atoms with Gasteiger partial charge in [-0.2, -0.15) is 0 Å². The van der Waals surface area contributed by atoms with Crippen molar-refractivity contribution in [3.8, 4) is 0 Å². The van der Waals surface area contributed by atoms with Crippen molar-refractivity contribution in [2.24, 2.45) is 5.73 Å². The lowest BCUT2D eigenvalue weighted by molar-refractivity contribution is 0.100. The first-order chi connectivity index (χ1) is 11.5. The van der Waals surface area contributed by atoms with Crippen molar-refractivity contribution < 1.29 is 9.59 Å². The normalized spacial score (nSPS) is 13.9. The predicted molar refractivity (Wildman–Crippen MR) is 98.0 cm³/mol. The third-order valence-electron chi connectivity index (χ3n) is 4.52. The van der Waals surface area contributed by atoms with Crippen molar-refractivity contribution in [2.75, 3.05) is 5.32 Å². The summed E-state index contributed by atoms with van der Waals surface area (Å²) >= 11 is 1.50. The van der Waals surface area contributed by atoms with Gasteiger partial charge in [0.25, 0.3) is 11.8 Å². The standard InChI is InChI=1S/C19H22N2O2S/c1-11-8-9-13(12(2)10-11)18(23)21-19-16(17(20)22)14-6-4-3-5-7-15(14)24-19/h8-10H,3-7H2,1-2H3,(H2,20,22)(H,21,23). The average molecular weight is 342 g/mol. The molecule has 5 heteroatoms. The van der Waals surface area contributed by atoms with Gasteiger partial charge in [-0.1, -0.05) is 24.1 Å². The van der Waals surface area contributed by atoms with E-state index in [1.54, 1.807) is 0 Å². The molecule has 4 nitrogen and oxygen atoms in total. The van der Waals surface area contributed by atoms with Crippen LogP contribution in [0.2, 0.25) is 0 Å². The Morgan fingerprint density at radius 2 is 1.88 bits per heavy atom. The molecule has 0 saturated heterocycles. The molecule has 0 radical (unpaired) electrons. The highest BCUT2D eigenvalue weighted by molar-refractivity contribution is 7.17. The van der Waals surface area contributed by atoms with Crippen molar-refractivity contribution in [2.45, 2.75) is 46.0 Å². The molecule has 1 heterocycles. The second-order valence-electron chi connectivity index (χ2n) is 6.41. The van der Waals surface area contributed by atoms with Crippen LogP contribution in [0.25, 0.3) is 0 Å². The molecule has 3 N–H and O–H groups in total. The maximum Gasteiger partial charge on any atom is 0.256 e. The number of primary amides is 1. The number of thiophene rings is 1. The number of nitrogens with one attached hydrogen (secondary N) is 1. The van der Waals surface area contributed by atoms with Gasteiger partial charge in [-0.25, -0.2) is 0 Å². The number of rotatable bonds is 3. The van der Waals surface area contributed by atoms with Crippen molar-refractivity contribution in [1.29, 1.82) is 0 Å². The Balaban J connectivity index is 1.95. The fraction of sp³-hybridized carbons (Fsp3) is 0.368. The molecule has 2 amide bonds. The highest BCUT2D eigenvalue weighted by Gasteiger charge is 2.24. The van der Waals surface area contributed by atoms with Crippen molar-refractivity contribution >= 4 is 28.2 Å². The molecule has 1 aromatic heterocycles. The third-order valence-corrected chi connectivity index (χ3v) is 5.73. The Kier molecular flexibility index (Phi) is 4.71. The second kappa shape index (κ2) is 6.77. The summed E-state index contributed by atoms with van der Waals surface area (Å²) in [6, 6.07) is 5.72. The van der Waals surface area contributed by atoms with Crippen LogP contribution in [-0.2, 0) is 12.8 Å². The lowest BCUT2D eigenvalue weighted by Crippen LogP contribution is -2.18. The van der Waals surface area contributed by atoms with E-state index in [4.69, 9.17) is 5.73 Å². The van der Waals surface area contributed by atoms with Gasteiger partial charge in [0.2, 0.25) is 0 Å². The van der Waals surface area contributed by atoms with Crippen LogP contribution in [0.1, 0.15) is 61.5 Å². The van der Waals surface area contributed by atoms with Crippen LogP contribution < -0.4 is 11.1 Å². The highest BCUT2D eigenvalue weighted by Crippen LogP contribution is 2.37. The fourth-order valence-electron chi connectivity index (χ4n) is 3.33. The van der Waals surface area contributed by atoms with Crippen LogP contribution in [0.3, 0.4) is 0 Å². The summed E-state index contributed by atoms with van der Waals surface area (Å²) in [5, 5.41) is 3.52. The van der Waals surface area contributed by atoms with Gasteiger partial charge in [-0.05, 0) is 56.7 Å². The van der Waals surface area contributed by atoms with E-state index in [9.17, 15) is 9.59 Å². The van der Waals surface area contributed by atoms with Crippen molar-refractivity contribution in [3.63, 3.8) is 0 Å². The van der Waals surface area contributed by atoms with Gasteiger partial charge in [0, 0.05) is 10.4 Å². The molecule has 0 bridgehead atoms. The lowest BCUT2D eigenvalue weighted by Gasteiger charge is -2.09. The molecule has 0 fully saturated rings. The molecule has 0 aliphatic heterocycles. The summed E-state index contributed by atoms with van der Waals surface area (Å²) in [4.78, 5) is 25.8. The SMILES string of the molecule is Cc1ccc(C(=O)Nc2sc3c(c2C(N)=O)CCCCC3)c(C)c1. The number of carbonyl (C=O) groups excluding carboxylic acids is 2. The van der Waals surface area contributed by atoms with Crippen LogP contribution >= 0.6 is 11.3 Å². The molecule has 1 aliphatic rings. The topological polar surface area (TPSA) is 72.2 Å². The summed E-state index contributed by atoms with van der Waals surface area (Å²) in [6.45, 7) is 3.91. The van der Waals surface area contributed by atoms with Gasteiger partial charge < -0.3 is 11.1 Å². The molecule has 3 rings (SSSR count). The average Bonchev–Trinajstić information content (AvgIpc) is 2.69. The minimum atomic E-state index is -0.453. The van der Waals surface area contributed by atoms with Gasteiger partial charge >= 0.3 is 0 Å². The summed E-state index contributed by atoms with van der Waals surface area (Å²) in [5.74, 6) is -0.642. The van der Waals surface area contributed by atoms with E-state index in [0.29, 0.717) is 16.1 Å². The van der Waals surface area contributed by atoms with E-state index in [-0.39, 0.29) is 5.91 Å². The number of nitrogens with two attached hydrogens (primary N) is 1. The summed E-state index contributed by atoms with van der Waals surface area (Å²) in [6.07, 6.45) is 5.18. The Bertz CT molecular complexity index is 808. The van der Waals surface area contributed by atoms with Gasteiger partial charge in [0.05, 0.1) is 5.56 Å². The molecule has 0 unspecified atom stereocenters. The van der Waals surface area contributed by atoms with E-state index in [1.165, 1.54) is 22.6 Å². The molecule has 2 aromatic rings. The van der Waals surface area contributed by atoms with E-state index in [1.807, 2.05) is 32.0 Å². The number of hydrogen-bond donors (Lipinski definition) is 2. The first-order valence-electron chi connectivity index (χ1n) is 8.30. The minimum absolute atomic E-state index is 0.189. The van der Waals surface area contributed by atoms with Gasteiger partial charge in [-0.3, -0.25) is 9.59 Å². The van der Waals surface area contributed by atoms with Crippen molar-refractivity contribution in [3.05, 3.63) is 50.9 Å². The molecule has 0 saturated carbocycles. The largest absolute Gasteiger partial charge is 0.365 e. The molecule has 1 aliphatic carbocycles. The number of fused-ring (bicyclic) bond motifs is 1. The van der Waals surface area contributed by atoms with Gasteiger partial charge in [-0.15, -0.1) is 11.3 Å². The van der Waals surface area contributed by atoms with Crippen LogP contribution in [0, 0.1) is 13.8 Å². The summed E-state index contributed by atoms with van der Waals surface area (Å²) < 4.78 is 0. The first kappa shape index (κ1) is 16.7. The zero-order chi connectivity index (χ0) is 17.3. The monoisotopic (exact) mass is 342 g/mol. The number of anilines is 1. The Labute approximate surface area is 146 Å². The maximum absolute atomic E-state index is 12.6. The number of carbonyl (C=O) groups is 2. The molecular formula is C19H22N2O2S. The van der Waals surface area contributed by atoms with Gasteiger partial charge in [0.1, 0.15) is 5.00 Å². The quantitative estimate of drug-likeness (QED) is 0.828. The Hall–Kier alpha value is -2.14. The van der Waals surface area contributed by atoms with Crippen LogP contribution in [-0.4, -0.2) is 11.8 Å². The lowest BCUT2D eigenvalue weighted by atomic mass is 10.0. The van der Waals surface area contributed by atoms with Crippen LogP contribution in [0.15, 0.2) is 18.2 Å². The highest BCUT2D eigenvalue weighted by atomic mass is 32.1. The van der Waals surface area contributed by atoms with E-state index < -0.39 is 5.91 Å². The molecular weight excluding hydrogens is 320 g/mol. The predicted octanol–water partition coefficient (Wildman–Crippen LogP) is 3.99.